The number of hydrogen-bond donors (Lipinski definition) is 1. The zero-order valence-electron chi connectivity index (χ0n) is 15.8. The molecule has 2 aromatic rings. The van der Waals surface area contributed by atoms with Gasteiger partial charge in [0.2, 0.25) is 0 Å². The second-order valence-corrected chi connectivity index (χ2v) is 7.13. The standard InChI is InChI=1S/C19H25N5OS/c1-5-6-7-9-21-18(25)17-11-15(16-12-22-24(4)14(16)3)13(2)19(23-17)26-10-8-20/h11-12H,5-7,9-10H2,1-4H3,(H,21,25). The average Bonchev–Trinajstić information content (AvgIpc) is 2.96. The molecule has 0 radical (unpaired) electrons. The van der Waals surface area contributed by atoms with Gasteiger partial charge in [0.15, 0.2) is 0 Å². The van der Waals surface area contributed by atoms with E-state index < -0.39 is 0 Å². The van der Waals surface area contributed by atoms with Crippen molar-refractivity contribution >= 4 is 17.7 Å². The summed E-state index contributed by atoms with van der Waals surface area (Å²) in [6.07, 6.45) is 4.96. The Morgan fingerprint density at radius 3 is 2.73 bits per heavy atom. The zero-order valence-corrected chi connectivity index (χ0v) is 16.6. The van der Waals surface area contributed by atoms with E-state index in [0.717, 1.165) is 41.6 Å². The molecular weight excluding hydrogens is 346 g/mol. The van der Waals surface area contributed by atoms with Crippen molar-refractivity contribution in [1.82, 2.24) is 20.1 Å². The van der Waals surface area contributed by atoms with Gasteiger partial charge in [-0.15, -0.1) is 0 Å². The Kier molecular flexibility index (Phi) is 7.22. The molecule has 0 aliphatic heterocycles. The van der Waals surface area contributed by atoms with Gasteiger partial charge in [0.25, 0.3) is 5.91 Å². The van der Waals surface area contributed by atoms with E-state index >= 15 is 0 Å². The lowest BCUT2D eigenvalue weighted by molar-refractivity contribution is 0.0947. The van der Waals surface area contributed by atoms with E-state index in [4.69, 9.17) is 5.26 Å². The highest BCUT2D eigenvalue weighted by Crippen LogP contribution is 2.32. The highest BCUT2D eigenvalue weighted by atomic mass is 32.2. The third-order valence-electron chi connectivity index (χ3n) is 4.33. The van der Waals surface area contributed by atoms with Crippen molar-refractivity contribution < 1.29 is 4.79 Å². The van der Waals surface area contributed by atoms with Gasteiger partial charge in [-0.3, -0.25) is 9.48 Å². The van der Waals surface area contributed by atoms with E-state index in [-0.39, 0.29) is 5.91 Å². The average molecular weight is 372 g/mol. The van der Waals surface area contributed by atoms with E-state index in [1.807, 2.05) is 31.6 Å². The highest BCUT2D eigenvalue weighted by molar-refractivity contribution is 7.99. The lowest BCUT2D eigenvalue weighted by atomic mass is 10.0. The molecule has 0 unspecified atom stereocenters. The van der Waals surface area contributed by atoms with Crippen LogP contribution >= 0.6 is 11.8 Å². The number of amides is 1. The molecule has 0 saturated carbocycles. The monoisotopic (exact) mass is 371 g/mol. The van der Waals surface area contributed by atoms with Gasteiger partial charge in [0, 0.05) is 24.8 Å². The summed E-state index contributed by atoms with van der Waals surface area (Å²) in [5, 5.41) is 16.9. The van der Waals surface area contributed by atoms with Crippen molar-refractivity contribution in [3.63, 3.8) is 0 Å². The van der Waals surface area contributed by atoms with Crippen molar-refractivity contribution in [2.24, 2.45) is 7.05 Å². The van der Waals surface area contributed by atoms with Crippen LogP contribution in [0.3, 0.4) is 0 Å². The van der Waals surface area contributed by atoms with E-state index in [2.05, 4.69) is 28.4 Å². The van der Waals surface area contributed by atoms with Crippen molar-refractivity contribution in [2.75, 3.05) is 12.3 Å². The molecule has 2 heterocycles. The predicted molar refractivity (Wildman–Crippen MR) is 104 cm³/mol. The van der Waals surface area contributed by atoms with Gasteiger partial charge in [-0.25, -0.2) is 4.98 Å². The van der Waals surface area contributed by atoms with Gasteiger partial charge >= 0.3 is 0 Å². The van der Waals surface area contributed by atoms with Crippen molar-refractivity contribution in [2.45, 2.75) is 45.1 Å². The first kappa shape index (κ1) is 20.0. The van der Waals surface area contributed by atoms with Gasteiger partial charge in [-0.1, -0.05) is 31.5 Å². The highest BCUT2D eigenvalue weighted by Gasteiger charge is 2.18. The van der Waals surface area contributed by atoms with E-state index in [0.29, 0.717) is 23.0 Å². The Balaban J connectivity index is 2.39. The summed E-state index contributed by atoms with van der Waals surface area (Å²) in [7, 11) is 1.89. The maximum Gasteiger partial charge on any atom is 0.269 e. The predicted octanol–water partition coefficient (Wildman–Crippen LogP) is 3.63. The first-order chi connectivity index (χ1) is 12.5. The van der Waals surface area contributed by atoms with E-state index in [9.17, 15) is 4.79 Å². The summed E-state index contributed by atoms with van der Waals surface area (Å²) in [5.74, 6) is 0.114. The summed E-state index contributed by atoms with van der Waals surface area (Å²) in [6.45, 7) is 6.74. The Hall–Kier alpha value is -2.33. The second kappa shape index (κ2) is 9.39. The lowest BCUT2D eigenvalue weighted by Gasteiger charge is -2.13. The smallest absolute Gasteiger partial charge is 0.269 e. The number of nitriles is 1. The molecule has 0 bridgehead atoms. The molecule has 0 saturated heterocycles. The fourth-order valence-electron chi connectivity index (χ4n) is 2.65. The summed E-state index contributed by atoms with van der Waals surface area (Å²) in [6, 6.07) is 3.95. The van der Waals surface area contributed by atoms with Crippen molar-refractivity contribution in [3.05, 3.63) is 29.2 Å². The first-order valence-electron chi connectivity index (χ1n) is 8.78. The van der Waals surface area contributed by atoms with Crippen LogP contribution in [0.2, 0.25) is 0 Å². The van der Waals surface area contributed by atoms with Crippen LogP contribution in [0.4, 0.5) is 0 Å². The fraction of sp³-hybridized carbons (Fsp3) is 0.474. The summed E-state index contributed by atoms with van der Waals surface area (Å²) in [5.41, 5.74) is 4.27. The molecule has 0 aliphatic rings. The summed E-state index contributed by atoms with van der Waals surface area (Å²) in [4.78, 5) is 17.1. The number of unbranched alkanes of at least 4 members (excludes halogenated alkanes) is 2. The molecule has 26 heavy (non-hydrogen) atoms. The van der Waals surface area contributed by atoms with E-state index in [1.54, 1.807) is 6.20 Å². The molecule has 1 amide bonds. The molecule has 2 aromatic heterocycles. The quantitative estimate of drug-likeness (QED) is 0.566. The third-order valence-corrected chi connectivity index (χ3v) is 5.27. The molecule has 0 atom stereocenters. The minimum absolute atomic E-state index is 0.178. The largest absolute Gasteiger partial charge is 0.351 e. The SMILES string of the molecule is CCCCCNC(=O)c1cc(-c2cnn(C)c2C)c(C)c(SCC#N)n1. The number of hydrogen-bond acceptors (Lipinski definition) is 5. The second-order valence-electron chi connectivity index (χ2n) is 6.16. The van der Waals surface area contributed by atoms with Gasteiger partial charge < -0.3 is 5.32 Å². The number of aromatic nitrogens is 3. The Bertz CT molecular complexity index is 822. The number of aryl methyl sites for hydroxylation is 1. The topological polar surface area (TPSA) is 83.6 Å². The van der Waals surface area contributed by atoms with Gasteiger partial charge in [-0.05, 0) is 37.5 Å². The molecule has 0 fully saturated rings. The van der Waals surface area contributed by atoms with Crippen molar-refractivity contribution in [3.8, 4) is 17.2 Å². The maximum atomic E-state index is 12.6. The van der Waals surface area contributed by atoms with Crippen molar-refractivity contribution in [1.29, 1.82) is 5.26 Å². The van der Waals surface area contributed by atoms with Crippen LogP contribution in [0.15, 0.2) is 17.3 Å². The third kappa shape index (κ3) is 4.64. The number of rotatable bonds is 8. The Morgan fingerprint density at radius 1 is 1.35 bits per heavy atom. The lowest BCUT2D eigenvalue weighted by Crippen LogP contribution is -2.25. The minimum atomic E-state index is -0.178. The van der Waals surface area contributed by atoms with Crippen LogP contribution in [0.1, 0.15) is 47.9 Å². The molecule has 0 aromatic carbocycles. The van der Waals surface area contributed by atoms with Crippen LogP contribution < -0.4 is 5.32 Å². The van der Waals surface area contributed by atoms with Gasteiger partial charge in [0.1, 0.15) is 10.7 Å². The molecule has 138 valence electrons. The first-order valence-corrected chi connectivity index (χ1v) is 9.76. The van der Waals surface area contributed by atoms with Gasteiger partial charge in [-0.2, -0.15) is 10.4 Å². The number of pyridine rings is 1. The van der Waals surface area contributed by atoms with Gasteiger partial charge in [0.05, 0.1) is 18.0 Å². The molecule has 6 nitrogen and oxygen atoms in total. The number of carbonyl (C=O) groups is 1. The molecule has 0 spiro atoms. The molecular formula is C19H25N5OS. The number of nitrogens with one attached hydrogen (secondary N) is 1. The Morgan fingerprint density at radius 2 is 2.12 bits per heavy atom. The van der Waals surface area contributed by atoms with Crippen LogP contribution in [-0.2, 0) is 7.05 Å². The number of thioether (sulfide) groups is 1. The molecule has 2 rings (SSSR count). The fourth-order valence-corrected chi connectivity index (χ4v) is 3.34. The maximum absolute atomic E-state index is 12.6. The van der Waals surface area contributed by atoms with Crippen LogP contribution in [-0.4, -0.2) is 33.0 Å². The van der Waals surface area contributed by atoms with Crippen LogP contribution in [0, 0.1) is 25.2 Å². The molecule has 0 aliphatic carbocycles. The molecule has 7 heteroatoms. The van der Waals surface area contributed by atoms with E-state index in [1.165, 1.54) is 11.8 Å². The number of carbonyl (C=O) groups excluding carboxylic acids is 1. The van der Waals surface area contributed by atoms with Crippen LogP contribution in [0.25, 0.3) is 11.1 Å². The minimum Gasteiger partial charge on any atom is -0.351 e. The molecule has 1 N–H and O–H groups in total. The summed E-state index contributed by atoms with van der Waals surface area (Å²) < 4.78 is 1.81. The number of nitrogens with zero attached hydrogens (tertiary/aromatic N) is 4. The van der Waals surface area contributed by atoms with Crippen LogP contribution in [0.5, 0.6) is 0 Å². The zero-order chi connectivity index (χ0) is 19.1. The Labute approximate surface area is 159 Å². The summed E-state index contributed by atoms with van der Waals surface area (Å²) >= 11 is 1.35. The normalized spacial score (nSPS) is 10.6.